The van der Waals surface area contributed by atoms with E-state index in [0.717, 1.165) is 5.06 Å². The first kappa shape index (κ1) is 15.1. The average molecular weight is 339 g/mol. The van der Waals surface area contributed by atoms with Gasteiger partial charge in [-0.1, -0.05) is 11.6 Å². The molecule has 0 spiro atoms. The summed E-state index contributed by atoms with van der Waals surface area (Å²) in [6, 6.07) is 1.56. The maximum Gasteiger partial charge on any atom is 0.278 e. The van der Waals surface area contributed by atoms with Crippen LogP contribution in [0.25, 0.3) is 0 Å². The Morgan fingerprint density at radius 2 is 1.83 bits per heavy atom. The van der Waals surface area contributed by atoms with Crippen molar-refractivity contribution in [2.24, 2.45) is 0 Å². The summed E-state index contributed by atoms with van der Waals surface area (Å²) in [6.45, 7) is 0. The van der Waals surface area contributed by atoms with Crippen molar-refractivity contribution < 1.29 is 19.1 Å². The Morgan fingerprint density at radius 3 is 2.28 bits per heavy atom. The number of hydroxylamine groups is 2. The number of carbonyl (C=O) groups excluding carboxylic acids is 1. The molecule has 0 heterocycles. The van der Waals surface area contributed by atoms with Gasteiger partial charge in [-0.2, -0.15) is 0 Å². The van der Waals surface area contributed by atoms with E-state index in [4.69, 9.17) is 25.9 Å². The number of ether oxygens (including phenoxy) is 2. The molecule has 18 heavy (non-hydrogen) atoms. The molecular weight excluding hydrogens is 325 g/mol. The number of hydrogen-bond donors (Lipinski definition) is 0. The zero-order valence-electron chi connectivity index (χ0n) is 10.4. The second kappa shape index (κ2) is 6.26. The SMILES string of the molecule is COc1c(Br)cc(C(=O)N(C)OC)c(Cl)c1OC. The van der Waals surface area contributed by atoms with Gasteiger partial charge in [-0.3, -0.25) is 9.63 Å². The maximum absolute atomic E-state index is 12.0. The first-order valence-electron chi connectivity index (χ1n) is 4.90. The van der Waals surface area contributed by atoms with Gasteiger partial charge in [0.1, 0.15) is 0 Å². The summed E-state index contributed by atoms with van der Waals surface area (Å²) >= 11 is 9.43. The highest BCUT2D eigenvalue weighted by Crippen LogP contribution is 2.43. The van der Waals surface area contributed by atoms with Crippen LogP contribution in [-0.2, 0) is 4.84 Å². The first-order chi connectivity index (χ1) is 8.47. The molecule has 0 fully saturated rings. The fourth-order valence-electron chi connectivity index (χ4n) is 1.37. The molecule has 1 aromatic carbocycles. The standard InChI is InChI=1S/C11H13BrClNO4/c1-14(18-4)11(15)6-5-7(12)9(16-2)10(17-3)8(6)13/h5H,1-4H3. The van der Waals surface area contributed by atoms with Crippen LogP contribution in [0.15, 0.2) is 10.5 Å². The molecule has 0 aliphatic carbocycles. The van der Waals surface area contributed by atoms with Crippen LogP contribution in [0.1, 0.15) is 10.4 Å². The number of methoxy groups -OCH3 is 2. The van der Waals surface area contributed by atoms with Crippen molar-refractivity contribution in [1.29, 1.82) is 0 Å². The van der Waals surface area contributed by atoms with Crippen LogP contribution in [0.2, 0.25) is 5.02 Å². The molecule has 0 saturated heterocycles. The van der Waals surface area contributed by atoms with Gasteiger partial charge in [0, 0.05) is 7.05 Å². The Balaban J connectivity index is 3.40. The zero-order valence-corrected chi connectivity index (χ0v) is 12.8. The predicted molar refractivity (Wildman–Crippen MR) is 71.4 cm³/mol. The molecule has 0 bridgehead atoms. The Kier molecular flexibility index (Phi) is 5.25. The largest absolute Gasteiger partial charge is 0.492 e. The normalized spacial score (nSPS) is 10.1. The third-order valence-corrected chi connectivity index (χ3v) is 3.29. The van der Waals surface area contributed by atoms with Crippen molar-refractivity contribution in [2.45, 2.75) is 0 Å². The number of rotatable bonds is 4. The summed E-state index contributed by atoms with van der Waals surface area (Å²) < 4.78 is 10.9. The van der Waals surface area contributed by atoms with Gasteiger partial charge in [0.15, 0.2) is 11.5 Å². The molecule has 1 amide bonds. The van der Waals surface area contributed by atoms with E-state index in [1.165, 1.54) is 28.4 Å². The fourth-order valence-corrected chi connectivity index (χ4v) is 2.24. The molecule has 0 N–H and O–H groups in total. The highest BCUT2D eigenvalue weighted by Gasteiger charge is 2.23. The summed E-state index contributed by atoms with van der Waals surface area (Å²) in [4.78, 5) is 16.8. The van der Waals surface area contributed by atoms with Gasteiger partial charge in [-0.15, -0.1) is 0 Å². The van der Waals surface area contributed by atoms with Crippen LogP contribution in [0.4, 0.5) is 0 Å². The quantitative estimate of drug-likeness (QED) is 0.792. The van der Waals surface area contributed by atoms with Gasteiger partial charge in [0.25, 0.3) is 5.91 Å². The first-order valence-corrected chi connectivity index (χ1v) is 6.07. The summed E-state index contributed by atoms with van der Waals surface area (Å²) in [5.41, 5.74) is 0.255. The molecule has 0 aliphatic heterocycles. The summed E-state index contributed by atoms with van der Waals surface area (Å²) in [5, 5.41) is 1.24. The molecule has 7 heteroatoms. The molecule has 0 saturated carbocycles. The minimum atomic E-state index is -0.385. The number of nitrogens with zero attached hydrogens (tertiary/aromatic N) is 1. The minimum Gasteiger partial charge on any atom is -0.492 e. The zero-order chi connectivity index (χ0) is 13.9. The van der Waals surface area contributed by atoms with E-state index in [9.17, 15) is 4.79 Å². The highest BCUT2D eigenvalue weighted by molar-refractivity contribution is 9.10. The Bertz CT molecular complexity index is 467. The second-order valence-corrected chi connectivity index (χ2v) is 4.50. The van der Waals surface area contributed by atoms with Gasteiger partial charge >= 0.3 is 0 Å². The summed E-state index contributed by atoms with van der Waals surface area (Å²) in [7, 11) is 5.82. The number of hydrogen-bond acceptors (Lipinski definition) is 4. The van der Waals surface area contributed by atoms with E-state index < -0.39 is 0 Å². The van der Waals surface area contributed by atoms with E-state index in [1.807, 2.05) is 0 Å². The van der Waals surface area contributed by atoms with Crippen LogP contribution >= 0.6 is 27.5 Å². The lowest BCUT2D eigenvalue weighted by atomic mass is 10.2. The molecule has 1 rings (SSSR count). The van der Waals surface area contributed by atoms with Gasteiger partial charge in [-0.25, -0.2) is 5.06 Å². The minimum absolute atomic E-state index is 0.173. The summed E-state index contributed by atoms with van der Waals surface area (Å²) in [5.74, 6) is 0.338. The van der Waals surface area contributed by atoms with E-state index >= 15 is 0 Å². The topological polar surface area (TPSA) is 48.0 Å². The maximum atomic E-state index is 12.0. The summed E-state index contributed by atoms with van der Waals surface area (Å²) in [6.07, 6.45) is 0. The van der Waals surface area contributed by atoms with E-state index in [0.29, 0.717) is 16.0 Å². The van der Waals surface area contributed by atoms with Crippen LogP contribution in [0, 0.1) is 0 Å². The second-order valence-electron chi connectivity index (χ2n) is 3.27. The van der Waals surface area contributed by atoms with Crippen molar-refractivity contribution in [3.05, 3.63) is 21.1 Å². The average Bonchev–Trinajstić information content (AvgIpc) is 2.38. The Morgan fingerprint density at radius 1 is 1.28 bits per heavy atom. The van der Waals surface area contributed by atoms with Crippen LogP contribution in [0.3, 0.4) is 0 Å². The third kappa shape index (κ3) is 2.71. The molecule has 0 aromatic heterocycles. The van der Waals surface area contributed by atoms with Crippen molar-refractivity contribution >= 4 is 33.4 Å². The van der Waals surface area contributed by atoms with Gasteiger partial charge < -0.3 is 9.47 Å². The Labute approximate surface area is 119 Å². The van der Waals surface area contributed by atoms with Gasteiger partial charge in [-0.05, 0) is 22.0 Å². The lowest BCUT2D eigenvalue weighted by Crippen LogP contribution is -2.25. The monoisotopic (exact) mass is 337 g/mol. The van der Waals surface area contributed by atoms with E-state index in [-0.39, 0.29) is 16.5 Å². The molecule has 0 radical (unpaired) electrons. The lowest BCUT2D eigenvalue weighted by molar-refractivity contribution is -0.0757. The Hall–Kier alpha value is -0.980. The van der Waals surface area contributed by atoms with E-state index in [2.05, 4.69) is 15.9 Å². The van der Waals surface area contributed by atoms with Crippen molar-refractivity contribution in [3.8, 4) is 11.5 Å². The number of benzene rings is 1. The molecule has 0 aliphatic rings. The van der Waals surface area contributed by atoms with Crippen LogP contribution in [0.5, 0.6) is 11.5 Å². The molecule has 0 atom stereocenters. The molecule has 5 nitrogen and oxygen atoms in total. The number of amides is 1. The van der Waals surface area contributed by atoms with Crippen molar-refractivity contribution in [1.82, 2.24) is 5.06 Å². The van der Waals surface area contributed by atoms with Crippen molar-refractivity contribution in [2.75, 3.05) is 28.4 Å². The molecule has 0 unspecified atom stereocenters. The third-order valence-electron chi connectivity index (χ3n) is 2.33. The van der Waals surface area contributed by atoms with E-state index in [1.54, 1.807) is 6.07 Å². The van der Waals surface area contributed by atoms with Crippen molar-refractivity contribution in [3.63, 3.8) is 0 Å². The highest BCUT2D eigenvalue weighted by atomic mass is 79.9. The molecular formula is C11H13BrClNO4. The smallest absolute Gasteiger partial charge is 0.278 e. The van der Waals surface area contributed by atoms with Gasteiger partial charge in [0.2, 0.25) is 0 Å². The number of carbonyl (C=O) groups is 1. The molecule has 1 aromatic rings. The fraction of sp³-hybridized carbons (Fsp3) is 0.364. The number of halogens is 2. The van der Waals surface area contributed by atoms with Gasteiger partial charge in [0.05, 0.1) is 36.4 Å². The van der Waals surface area contributed by atoms with Crippen LogP contribution in [-0.4, -0.2) is 39.3 Å². The molecule has 100 valence electrons. The van der Waals surface area contributed by atoms with Crippen LogP contribution < -0.4 is 9.47 Å². The lowest BCUT2D eigenvalue weighted by Gasteiger charge is -2.18. The predicted octanol–water partition coefficient (Wildman–Crippen LogP) is 2.75.